The summed E-state index contributed by atoms with van der Waals surface area (Å²) in [6.07, 6.45) is 5.63. The molecule has 1 aliphatic heterocycles. The molecule has 0 radical (unpaired) electrons. The van der Waals surface area contributed by atoms with Gasteiger partial charge in [0.2, 0.25) is 0 Å². The van der Waals surface area contributed by atoms with Gasteiger partial charge in [0.15, 0.2) is 5.82 Å². The fourth-order valence-electron chi connectivity index (χ4n) is 3.75. The standard InChI is InChI=1S/C20H23N7O2/c1-25-11-16(18(24-25)14-7-8-14)23-20(28)26-9-10-29-12-17(26)19-21-13-22-27(19)15-5-3-2-4-6-15/h2-6,11,13-14,17H,7-10,12H2,1H3,(H,23,28). The van der Waals surface area contributed by atoms with Gasteiger partial charge in [-0.25, -0.2) is 14.5 Å². The highest BCUT2D eigenvalue weighted by atomic mass is 16.5. The molecule has 1 atom stereocenters. The Balaban J connectivity index is 1.41. The first-order valence-electron chi connectivity index (χ1n) is 9.85. The smallest absolute Gasteiger partial charge is 0.322 e. The number of hydrogen-bond acceptors (Lipinski definition) is 5. The number of rotatable bonds is 4. The van der Waals surface area contributed by atoms with Crippen molar-refractivity contribution in [3.8, 4) is 5.69 Å². The number of nitrogens with one attached hydrogen (secondary N) is 1. The van der Waals surface area contributed by atoms with Gasteiger partial charge < -0.3 is 15.0 Å². The molecule has 9 heteroatoms. The lowest BCUT2D eigenvalue weighted by molar-refractivity contribution is 0.0110. The summed E-state index contributed by atoms with van der Waals surface area (Å²) >= 11 is 0. The number of hydrogen-bond donors (Lipinski definition) is 1. The van der Waals surface area contributed by atoms with Gasteiger partial charge in [0, 0.05) is 25.7 Å². The van der Waals surface area contributed by atoms with Crippen LogP contribution in [0.3, 0.4) is 0 Å². The number of amides is 2. The summed E-state index contributed by atoms with van der Waals surface area (Å²) in [6, 6.07) is 9.28. The number of morpholine rings is 1. The van der Waals surface area contributed by atoms with E-state index in [9.17, 15) is 4.79 Å². The summed E-state index contributed by atoms with van der Waals surface area (Å²) in [4.78, 5) is 19.4. The van der Waals surface area contributed by atoms with Crippen LogP contribution in [0.25, 0.3) is 5.69 Å². The van der Waals surface area contributed by atoms with Gasteiger partial charge >= 0.3 is 6.03 Å². The van der Waals surface area contributed by atoms with E-state index in [0.717, 1.165) is 29.9 Å². The van der Waals surface area contributed by atoms with Gasteiger partial charge in [0.05, 0.1) is 30.3 Å². The lowest BCUT2D eigenvalue weighted by atomic mass is 10.2. The van der Waals surface area contributed by atoms with E-state index >= 15 is 0 Å². The molecule has 5 rings (SSSR count). The molecule has 1 unspecified atom stereocenters. The molecule has 0 bridgehead atoms. The maximum atomic E-state index is 13.2. The number of anilines is 1. The van der Waals surface area contributed by atoms with Crippen molar-refractivity contribution >= 4 is 11.7 Å². The average molecular weight is 393 g/mol. The quantitative estimate of drug-likeness (QED) is 0.735. The van der Waals surface area contributed by atoms with E-state index in [1.54, 1.807) is 14.3 Å². The SMILES string of the molecule is Cn1cc(NC(=O)N2CCOCC2c2ncnn2-c2ccccc2)c(C2CC2)n1. The number of urea groups is 1. The summed E-state index contributed by atoms with van der Waals surface area (Å²) in [5.41, 5.74) is 2.65. The van der Waals surface area contributed by atoms with E-state index in [1.807, 2.05) is 43.6 Å². The number of benzene rings is 1. The predicted octanol–water partition coefficient (Wildman–Crippen LogP) is 2.48. The van der Waals surface area contributed by atoms with Gasteiger partial charge in [0.1, 0.15) is 12.4 Å². The second-order valence-electron chi connectivity index (χ2n) is 7.46. The minimum Gasteiger partial charge on any atom is -0.377 e. The summed E-state index contributed by atoms with van der Waals surface area (Å²) in [5, 5.41) is 12.0. The molecule has 2 aromatic heterocycles. The third-order valence-electron chi connectivity index (χ3n) is 5.33. The van der Waals surface area contributed by atoms with Crippen LogP contribution in [0.2, 0.25) is 0 Å². The van der Waals surface area contributed by atoms with Gasteiger partial charge in [-0.3, -0.25) is 4.68 Å². The van der Waals surface area contributed by atoms with Crippen molar-refractivity contribution in [3.05, 3.63) is 54.4 Å². The van der Waals surface area contributed by atoms with Crippen molar-refractivity contribution in [3.63, 3.8) is 0 Å². The maximum absolute atomic E-state index is 13.2. The van der Waals surface area contributed by atoms with Crippen molar-refractivity contribution < 1.29 is 9.53 Å². The third-order valence-corrected chi connectivity index (χ3v) is 5.33. The number of para-hydroxylation sites is 1. The van der Waals surface area contributed by atoms with Gasteiger partial charge in [0.25, 0.3) is 0 Å². The van der Waals surface area contributed by atoms with E-state index < -0.39 is 0 Å². The van der Waals surface area contributed by atoms with Crippen LogP contribution >= 0.6 is 0 Å². The Morgan fingerprint density at radius 3 is 2.86 bits per heavy atom. The Hall–Kier alpha value is -3.20. The summed E-state index contributed by atoms with van der Waals surface area (Å²) in [7, 11) is 1.88. The monoisotopic (exact) mass is 393 g/mol. The van der Waals surface area contributed by atoms with Crippen LogP contribution in [-0.2, 0) is 11.8 Å². The second-order valence-corrected chi connectivity index (χ2v) is 7.46. The van der Waals surface area contributed by atoms with Gasteiger partial charge in [-0.2, -0.15) is 10.2 Å². The van der Waals surface area contributed by atoms with Crippen molar-refractivity contribution in [2.45, 2.75) is 24.8 Å². The molecule has 1 N–H and O–H groups in total. The van der Waals surface area contributed by atoms with Crippen LogP contribution in [0, 0.1) is 0 Å². The third kappa shape index (κ3) is 3.49. The largest absolute Gasteiger partial charge is 0.377 e. The van der Waals surface area contributed by atoms with Crippen molar-refractivity contribution in [2.75, 3.05) is 25.1 Å². The Labute approximate surface area is 168 Å². The van der Waals surface area contributed by atoms with Gasteiger partial charge in [-0.15, -0.1) is 0 Å². The van der Waals surface area contributed by atoms with Crippen LogP contribution in [-0.4, -0.2) is 55.2 Å². The van der Waals surface area contributed by atoms with E-state index in [2.05, 4.69) is 20.5 Å². The molecule has 29 heavy (non-hydrogen) atoms. The van der Waals surface area contributed by atoms with E-state index in [-0.39, 0.29) is 12.1 Å². The lowest BCUT2D eigenvalue weighted by Crippen LogP contribution is -2.46. The zero-order valence-corrected chi connectivity index (χ0v) is 16.2. The van der Waals surface area contributed by atoms with Crippen molar-refractivity contribution in [1.82, 2.24) is 29.4 Å². The van der Waals surface area contributed by atoms with Crippen LogP contribution in [0.1, 0.15) is 36.3 Å². The molecule has 3 aromatic rings. The summed E-state index contributed by atoms with van der Waals surface area (Å²) in [6.45, 7) is 1.35. The molecule has 1 saturated carbocycles. The highest BCUT2D eigenvalue weighted by Crippen LogP contribution is 2.42. The topological polar surface area (TPSA) is 90.1 Å². The second kappa shape index (κ2) is 7.32. The highest BCUT2D eigenvalue weighted by Gasteiger charge is 2.34. The molecule has 0 spiro atoms. The van der Waals surface area contributed by atoms with Crippen LogP contribution in [0.5, 0.6) is 0 Å². The fraction of sp³-hybridized carbons (Fsp3) is 0.400. The number of carbonyl (C=O) groups excluding carboxylic acids is 1. The number of nitrogens with zero attached hydrogens (tertiary/aromatic N) is 6. The fourth-order valence-corrected chi connectivity index (χ4v) is 3.75. The zero-order valence-electron chi connectivity index (χ0n) is 16.2. The Morgan fingerprint density at radius 1 is 1.24 bits per heavy atom. The van der Waals surface area contributed by atoms with Crippen molar-refractivity contribution in [1.29, 1.82) is 0 Å². The molecule has 1 aliphatic carbocycles. The first kappa shape index (κ1) is 17.9. The molecule has 1 aromatic carbocycles. The molecular weight excluding hydrogens is 370 g/mol. The number of aromatic nitrogens is 5. The molecule has 9 nitrogen and oxygen atoms in total. The van der Waals surface area contributed by atoms with Crippen molar-refractivity contribution in [2.24, 2.45) is 7.05 Å². The lowest BCUT2D eigenvalue weighted by Gasteiger charge is -2.34. The Bertz CT molecular complexity index is 1010. The summed E-state index contributed by atoms with van der Waals surface area (Å²) < 4.78 is 9.20. The first-order chi connectivity index (χ1) is 14.2. The molecule has 2 amide bonds. The first-order valence-corrected chi connectivity index (χ1v) is 9.85. The van der Waals surface area contributed by atoms with Gasteiger partial charge in [-0.05, 0) is 25.0 Å². The zero-order chi connectivity index (χ0) is 19.8. The molecule has 2 fully saturated rings. The molecule has 150 valence electrons. The van der Waals surface area contributed by atoms with E-state index in [1.165, 1.54) is 6.33 Å². The molecular formula is C20H23N7O2. The normalized spacial score (nSPS) is 19.3. The number of aryl methyl sites for hydroxylation is 1. The van der Waals surface area contributed by atoms with E-state index in [0.29, 0.717) is 31.5 Å². The Morgan fingerprint density at radius 2 is 2.07 bits per heavy atom. The minimum atomic E-state index is -0.326. The van der Waals surface area contributed by atoms with Crippen LogP contribution in [0.4, 0.5) is 10.5 Å². The Kier molecular flexibility index (Phi) is 4.51. The number of carbonyl (C=O) groups is 1. The molecule has 3 heterocycles. The van der Waals surface area contributed by atoms with Gasteiger partial charge in [-0.1, -0.05) is 18.2 Å². The highest BCUT2D eigenvalue weighted by molar-refractivity contribution is 5.90. The average Bonchev–Trinajstić information content (AvgIpc) is 3.35. The summed E-state index contributed by atoms with van der Waals surface area (Å²) in [5.74, 6) is 1.13. The number of ether oxygens (including phenoxy) is 1. The van der Waals surface area contributed by atoms with Crippen LogP contribution in [0.15, 0.2) is 42.9 Å². The predicted molar refractivity (Wildman–Crippen MR) is 106 cm³/mol. The molecule has 1 saturated heterocycles. The maximum Gasteiger partial charge on any atom is 0.322 e. The van der Waals surface area contributed by atoms with Crippen LogP contribution < -0.4 is 5.32 Å². The van der Waals surface area contributed by atoms with E-state index in [4.69, 9.17) is 4.74 Å². The molecule has 2 aliphatic rings. The minimum absolute atomic E-state index is 0.171.